The van der Waals surface area contributed by atoms with Gasteiger partial charge in [-0.25, -0.2) is 19.9 Å². The summed E-state index contributed by atoms with van der Waals surface area (Å²) in [5.41, 5.74) is 9.02. The highest BCUT2D eigenvalue weighted by Crippen LogP contribution is 2.27. The number of allylic oxidation sites excluding steroid dienone is 1. The first-order valence-corrected chi connectivity index (χ1v) is 9.44. The molecule has 0 saturated carbocycles. The molecule has 4 rings (SSSR count). The number of nitrogens with two attached hydrogens (primary N) is 1. The molecule has 0 bridgehead atoms. The van der Waals surface area contributed by atoms with E-state index in [2.05, 4.69) is 25.3 Å². The maximum Gasteiger partial charge on any atom is 0.266 e. The second kappa shape index (κ2) is 7.74. The number of imidazole rings is 1. The standard InChI is InChI=1S/C20H21N9O/c1-3-13(27-19-17-18(24-9-23-17)25-10-26-19)16-15(12(7-21)8-22)20(30)29-11(2)5-4-6-14(29)28-16/h4-10,13,21H,3,22H2,1-2H3,(H2,23,24,25,26,27)/b12-8+,21-7?. The number of aromatic nitrogens is 6. The van der Waals surface area contributed by atoms with Gasteiger partial charge >= 0.3 is 0 Å². The van der Waals surface area contributed by atoms with E-state index in [0.29, 0.717) is 40.3 Å². The van der Waals surface area contributed by atoms with E-state index in [1.165, 1.54) is 16.9 Å². The smallest absolute Gasteiger partial charge is 0.266 e. The lowest BCUT2D eigenvalue weighted by molar-refractivity contribution is 0.712. The maximum absolute atomic E-state index is 13.4. The van der Waals surface area contributed by atoms with Crippen molar-refractivity contribution in [3.63, 3.8) is 0 Å². The van der Waals surface area contributed by atoms with Crippen LogP contribution < -0.4 is 16.6 Å². The molecule has 1 unspecified atom stereocenters. The van der Waals surface area contributed by atoms with Gasteiger partial charge in [0.1, 0.15) is 17.5 Å². The molecule has 5 N–H and O–H groups in total. The van der Waals surface area contributed by atoms with Crippen molar-refractivity contribution >= 4 is 34.4 Å². The highest BCUT2D eigenvalue weighted by molar-refractivity contribution is 6.08. The van der Waals surface area contributed by atoms with Crippen LogP contribution in [0.1, 0.15) is 36.3 Å². The topological polar surface area (TPSA) is 151 Å². The third-order valence-corrected chi connectivity index (χ3v) is 4.97. The Kier molecular flexibility index (Phi) is 4.97. The summed E-state index contributed by atoms with van der Waals surface area (Å²) in [5.74, 6) is 0.551. The largest absolute Gasteiger partial charge is 0.404 e. The lowest BCUT2D eigenvalue weighted by Gasteiger charge is -2.21. The average Bonchev–Trinajstić information content (AvgIpc) is 3.24. The Hall–Kier alpha value is -4.08. The van der Waals surface area contributed by atoms with Crippen LogP contribution in [-0.4, -0.2) is 35.5 Å². The van der Waals surface area contributed by atoms with Crippen LogP contribution in [0.4, 0.5) is 5.82 Å². The zero-order valence-electron chi connectivity index (χ0n) is 16.5. The molecule has 0 aliphatic rings. The van der Waals surface area contributed by atoms with E-state index < -0.39 is 0 Å². The van der Waals surface area contributed by atoms with Crippen LogP contribution >= 0.6 is 0 Å². The van der Waals surface area contributed by atoms with E-state index in [0.717, 1.165) is 11.9 Å². The molecule has 1 atom stereocenters. The van der Waals surface area contributed by atoms with Gasteiger partial charge in [0.2, 0.25) is 0 Å². The average molecular weight is 403 g/mol. The predicted octanol–water partition coefficient (Wildman–Crippen LogP) is 2.18. The molecule has 0 aromatic carbocycles. The van der Waals surface area contributed by atoms with Gasteiger partial charge < -0.3 is 21.4 Å². The zero-order chi connectivity index (χ0) is 21.3. The summed E-state index contributed by atoms with van der Waals surface area (Å²) in [7, 11) is 0. The van der Waals surface area contributed by atoms with Gasteiger partial charge in [-0.2, -0.15) is 0 Å². The summed E-state index contributed by atoms with van der Waals surface area (Å²) in [6, 6.07) is 5.10. The monoisotopic (exact) mass is 403 g/mol. The number of anilines is 1. The van der Waals surface area contributed by atoms with Gasteiger partial charge in [0, 0.05) is 23.7 Å². The summed E-state index contributed by atoms with van der Waals surface area (Å²) < 4.78 is 1.52. The molecule has 152 valence electrons. The fourth-order valence-electron chi connectivity index (χ4n) is 3.49. The fourth-order valence-corrected chi connectivity index (χ4v) is 3.49. The molecule has 0 aliphatic heterocycles. The van der Waals surface area contributed by atoms with Crippen LogP contribution in [0.3, 0.4) is 0 Å². The van der Waals surface area contributed by atoms with Crippen molar-refractivity contribution in [3.05, 3.63) is 64.4 Å². The number of aryl methyl sites for hydroxylation is 1. The molecule has 0 aliphatic carbocycles. The first kappa shape index (κ1) is 19.2. The van der Waals surface area contributed by atoms with E-state index in [1.54, 1.807) is 12.4 Å². The first-order chi connectivity index (χ1) is 14.6. The lowest BCUT2D eigenvalue weighted by Crippen LogP contribution is -2.27. The minimum absolute atomic E-state index is 0.275. The molecule has 10 heteroatoms. The molecule has 0 radical (unpaired) electrons. The number of rotatable bonds is 6. The Bertz CT molecular complexity index is 1340. The number of nitrogens with one attached hydrogen (secondary N) is 3. The normalized spacial score (nSPS) is 12.9. The highest BCUT2D eigenvalue weighted by atomic mass is 16.1. The van der Waals surface area contributed by atoms with E-state index in [9.17, 15) is 4.79 Å². The zero-order valence-corrected chi connectivity index (χ0v) is 16.5. The van der Waals surface area contributed by atoms with Crippen LogP contribution in [-0.2, 0) is 0 Å². The SMILES string of the molecule is CCC(Nc1ncnc2nc[nH]c12)c1nc2cccc(C)n2c(=O)c1/C(C=N)=C/N. The van der Waals surface area contributed by atoms with Gasteiger partial charge in [-0.1, -0.05) is 13.0 Å². The Morgan fingerprint density at radius 2 is 2.20 bits per heavy atom. The number of hydrogen-bond acceptors (Lipinski definition) is 8. The van der Waals surface area contributed by atoms with Crippen molar-refractivity contribution in [2.75, 3.05) is 5.32 Å². The van der Waals surface area contributed by atoms with Crippen molar-refractivity contribution < 1.29 is 0 Å². The second-order valence-electron chi connectivity index (χ2n) is 6.73. The fraction of sp³-hybridized carbons (Fsp3) is 0.200. The number of nitrogens with zero attached hydrogens (tertiary/aromatic N) is 5. The molecule has 0 fully saturated rings. The van der Waals surface area contributed by atoms with Crippen LogP contribution in [0.5, 0.6) is 0 Å². The minimum atomic E-state index is -0.366. The van der Waals surface area contributed by atoms with Crippen molar-refractivity contribution in [1.82, 2.24) is 29.3 Å². The van der Waals surface area contributed by atoms with Crippen LogP contribution in [0.2, 0.25) is 0 Å². The third-order valence-electron chi connectivity index (χ3n) is 4.97. The highest BCUT2D eigenvalue weighted by Gasteiger charge is 2.23. The van der Waals surface area contributed by atoms with Crippen LogP contribution in [0.15, 0.2) is 41.8 Å². The van der Waals surface area contributed by atoms with Gasteiger partial charge in [-0.3, -0.25) is 9.20 Å². The molecular weight excluding hydrogens is 382 g/mol. The Morgan fingerprint density at radius 1 is 1.37 bits per heavy atom. The molecule has 0 saturated heterocycles. The maximum atomic E-state index is 13.4. The third kappa shape index (κ3) is 3.08. The molecule has 0 amide bonds. The van der Waals surface area contributed by atoms with Crippen molar-refractivity contribution in [2.24, 2.45) is 5.73 Å². The first-order valence-electron chi connectivity index (χ1n) is 9.44. The molecular formula is C20H21N9O. The van der Waals surface area contributed by atoms with Crippen LogP contribution in [0, 0.1) is 12.3 Å². The molecule has 0 spiro atoms. The Morgan fingerprint density at radius 3 is 2.93 bits per heavy atom. The minimum Gasteiger partial charge on any atom is -0.404 e. The number of hydrogen-bond donors (Lipinski definition) is 4. The summed E-state index contributed by atoms with van der Waals surface area (Å²) in [4.78, 5) is 33.8. The van der Waals surface area contributed by atoms with Crippen molar-refractivity contribution in [3.8, 4) is 0 Å². The molecule has 4 heterocycles. The quantitative estimate of drug-likeness (QED) is 0.360. The molecule has 10 nitrogen and oxygen atoms in total. The van der Waals surface area contributed by atoms with Gasteiger partial charge in [0.15, 0.2) is 11.5 Å². The summed E-state index contributed by atoms with van der Waals surface area (Å²) in [6.45, 7) is 3.81. The van der Waals surface area contributed by atoms with E-state index in [1.807, 2.05) is 26.0 Å². The number of aromatic amines is 1. The van der Waals surface area contributed by atoms with E-state index in [4.69, 9.17) is 16.1 Å². The molecule has 4 aromatic heterocycles. The lowest BCUT2D eigenvalue weighted by atomic mass is 10.00. The van der Waals surface area contributed by atoms with Gasteiger partial charge in [-0.05, 0) is 25.5 Å². The molecule has 4 aromatic rings. The molecule has 30 heavy (non-hydrogen) atoms. The number of fused-ring (bicyclic) bond motifs is 2. The van der Waals surface area contributed by atoms with E-state index >= 15 is 0 Å². The number of H-pyrrole nitrogens is 1. The summed E-state index contributed by atoms with van der Waals surface area (Å²) in [6.07, 6.45) is 5.90. The van der Waals surface area contributed by atoms with Crippen LogP contribution in [0.25, 0.3) is 22.4 Å². The summed E-state index contributed by atoms with van der Waals surface area (Å²) in [5, 5.41) is 11.1. The predicted molar refractivity (Wildman–Crippen MR) is 115 cm³/mol. The van der Waals surface area contributed by atoms with Gasteiger partial charge in [-0.15, -0.1) is 0 Å². The summed E-state index contributed by atoms with van der Waals surface area (Å²) >= 11 is 0. The van der Waals surface area contributed by atoms with E-state index in [-0.39, 0.29) is 17.2 Å². The number of pyridine rings is 1. The van der Waals surface area contributed by atoms with Crippen molar-refractivity contribution in [2.45, 2.75) is 26.3 Å². The van der Waals surface area contributed by atoms with Gasteiger partial charge in [0.25, 0.3) is 5.56 Å². The Labute approximate surface area is 171 Å². The van der Waals surface area contributed by atoms with Crippen molar-refractivity contribution in [1.29, 1.82) is 5.41 Å². The Balaban J connectivity index is 1.95. The van der Waals surface area contributed by atoms with Gasteiger partial charge in [0.05, 0.1) is 23.6 Å². The second-order valence-corrected chi connectivity index (χ2v) is 6.73.